The van der Waals surface area contributed by atoms with Gasteiger partial charge in [0.1, 0.15) is 16.3 Å². The van der Waals surface area contributed by atoms with Crippen LogP contribution in [-0.2, 0) is 12.5 Å². The van der Waals surface area contributed by atoms with Crippen molar-refractivity contribution in [2.24, 2.45) is 7.05 Å². The summed E-state index contributed by atoms with van der Waals surface area (Å²) in [6.45, 7) is 0.627. The summed E-state index contributed by atoms with van der Waals surface area (Å²) in [6.07, 6.45) is 4.55. The second-order valence-corrected chi connectivity index (χ2v) is 9.35. The van der Waals surface area contributed by atoms with Gasteiger partial charge in [-0.05, 0) is 36.6 Å². The Hall–Kier alpha value is -2.99. The van der Waals surface area contributed by atoms with Gasteiger partial charge in [0.05, 0.1) is 4.88 Å². The first-order valence-corrected chi connectivity index (χ1v) is 11.4. The van der Waals surface area contributed by atoms with Gasteiger partial charge >= 0.3 is 0 Å². The number of hydrogen-bond acceptors (Lipinski definition) is 3. The summed E-state index contributed by atoms with van der Waals surface area (Å²) in [5.41, 5.74) is 2.33. The number of carbonyl (C=O) groups excluding carboxylic acids is 1. The summed E-state index contributed by atoms with van der Waals surface area (Å²) in [5.74, 6) is -0.395. The molecule has 0 aliphatic heterocycles. The molecule has 0 saturated heterocycles. The highest BCUT2D eigenvalue weighted by atomic mass is 32.1. The number of nitrogens with zero attached hydrogens (tertiary/aromatic N) is 2. The van der Waals surface area contributed by atoms with E-state index < -0.39 is 0 Å². The third-order valence-corrected chi connectivity index (χ3v) is 7.60. The predicted octanol–water partition coefficient (Wildman–Crippen LogP) is 5.68. The van der Waals surface area contributed by atoms with Crippen LogP contribution in [0.2, 0.25) is 0 Å². The Morgan fingerprint density at radius 2 is 1.84 bits per heavy atom. The van der Waals surface area contributed by atoms with Crippen molar-refractivity contribution < 1.29 is 9.18 Å². The molecule has 0 atom stereocenters. The van der Waals surface area contributed by atoms with Gasteiger partial charge in [-0.25, -0.2) is 4.39 Å². The van der Waals surface area contributed by atoms with Crippen LogP contribution in [0.25, 0.3) is 21.5 Å². The van der Waals surface area contributed by atoms with Crippen molar-refractivity contribution in [2.45, 2.75) is 31.1 Å². The Morgan fingerprint density at radius 3 is 2.58 bits per heavy atom. The number of benzene rings is 2. The maximum Gasteiger partial charge on any atom is 0.261 e. The minimum Gasteiger partial charge on any atom is -0.350 e. The zero-order chi connectivity index (χ0) is 21.4. The average molecular weight is 434 g/mol. The molecule has 2 aromatic heterocycles. The summed E-state index contributed by atoms with van der Waals surface area (Å²) in [5, 5.41) is 8.49. The van der Waals surface area contributed by atoms with Crippen LogP contribution in [0.3, 0.4) is 0 Å². The average Bonchev–Trinajstić information content (AvgIpc) is 3.51. The fraction of sp³-hybridized carbons (Fsp3) is 0.280. The Morgan fingerprint density at radius 1 is 1.13 bits per heavy atom. The van der Waals surface area contributed by atoms with Crippen molar-refractivity contribution in [3.05, 3.63) is 76.9 Å². The molecule has 158 valence electrons. The number of rotatable bonds is 5. The van der Waals surface area contributed by atoms with Crippen molar-refractivity contribution in [1.82, 2.24) is 15.1 Å². The van der Waals surface area contributed by atoms with Gasteiger partial charge in [-0.2, -0.15) is 5.10 Å². The lowest BCUT2D eigenvalue weighted by molar-refractivity contribution is 0.0947. The van der Waals surface area contributed by atoms with Crippen LogP contribution in [-0.4, -0.2) is 22.2 Å². The van der Waals surface area contributed by atoms with E-state index in [0.29, 0.717) is 22.7 Å². The van der Waals surface area contributed by atoms with Crippen molar-refractivity contribution in [3.8, 4) is 11.3 Å². The van der Waals surface area contributed by atoms with Gasteiger partial charge in [-0.15, -0.1) is 11.3 Å². The number of fused-ring (bicyclic) bond motifs is 1. The first kappa shape index (κ1) is 19.9. The third kappa shape index (κ3) is 3.55. The van der Waals surface area contributed by atoms with E-state index in [0.717, 1.165) is 23.1 Å². The van der Waals surface area contributed by atoms with Gasteiger partial charge in [0, 0.05) is 30.0 Å². The van der Waals surface area contributed by atoms with E-state index in [9.17, 15) is 9.18 Å². The molecule has 0 spiro atoms. The standard InChI is InChI=1S/C25H24FN3OS/c1-29-24-19(22(28-29)18-11-5-6-12-20(18)26)15-21(31-24)23(30)27-16-25(13-7-8-14-25)17-9-3-2-4-10-17/h2-6,9-12,15H,7-8,13-14,16H2,1H3,(H,27,30). The molecule has 6 heteroatoms. The summed E-state index contributed by atoms with van der Waals surface area (Å²) < 4.78 is 16.1. The van der Waals surface area contributed by atoms with Crippen molar-refractivity contribution >= 4 is 27.5 Å². The summed E-state index contributed by atoms with van der Waals surface area (Å²) in [4.78, 5) is 14.6. The van der Waals surface area contributed by atoms with Crippen LogP contribution in [0.4, 0.5) is 4.39 Å². The molecule has 4 aromatic rings. The monoisotopic (exact) mass is 433 g/mol. The molecule has 1 aliphatic carbocycles. The van der Waals surface area contributed by atoms with Gasteiger partial charge < -0.3 is 5.32 Å². The van der Waals surface area contributed by atoms with Crippen LogP contribution >= 0.6 is 11.3 Å². The van der Waals surface area contributed by atoms with Gasteiger partial charge in [-0.3, -0.25) is 9.48 Å². The molecule has 0 bridgehead atoms. The summed E-state index contributed by atoms with van der Waals surface area (Å²) in [6, 6.07) is 19.0. The van der Waals surface area contributed by atoms with E-state index in [1.165, 1.54) is 35.8 Å². The molecule has 31 heavy (non-hydrogen) atoms. The molecule has 1 amide bonds. The number of amides is 1. The van der Waals surface area contributed by atoms with Crippen LogP contribution in [0, 0.1) is 5.82 Å². The quantitative estimate of drug-likeness (QED) is 0.440. The Kier molecular flexibility index (Phi) is 5.10. The molecule has 1 saturated carbocycles. The van der Waals surface area contributed by atoms with Crippen LogP contribution in [0.1, 0.15) is 40.9 Å². The minimum atomic E-state index is -0.314. The molecule has 4 nitrogen and oxygen atoms in total. The summed E-state index contributed by atoms with van der Waals surface area (Å²) in [7, 11) is 1.83. The van der Waals surface area contributed by atoms with Crippen molar-refractivity contribution in [2.75, 3.05) is 6.54 Å². The highest BCUT2D eigenvalue weighted by Gasteiger charge is 2.36. The number of thiophene rings is 1. The number of aryl methyl sites for hydroxylation is 1. The van der Waals surface area contributed by atoms with Crippen molar-refractivity contribution in [1.29, 1.82) is 0 Å². The second-order valence-electron chi connectivity index (χ2n) is 8.32. The number of carbonyl (C=O) groups is 1. The lowest BCUT2D eigenvalue weighted by atomic mass is 9.79. The minimum absolute atomic E-state index is 0.00743. The highest BCUT2D eigenvalue weighted by Crippen LogP contribution is 2.41. The molecule has 1 N–H and O–H groups in total. The number of aromatic nitrogens is 2. The maximum absolute atomic E-state index is 14.3. The molecular formula is C25H24FN3OS. The van der Waals surface area contributed by atoms with E-state index in [-0.39, 0.29) is 17.1 Å². The highest BCUT2D eigenvalue weighted by molar-refractivity contribution is 7.20. The zero-order valence-electron chi connectivity index (χ0n) is 17.4. The Balaban J connectivity index is 1.42. The zero-order valence-corrected chi connectivity index (χ0v) is 18.2. The first-order valence-electron chi connectivity index (χ1n) is 10.6. The molecule has 0 radical (unpaired) electrons. The van der Waals surface area contributed by atoms with Gasteiger partial charge in [0.2, 0.25) is 0 Å². The first-order chi connectivity index (χ1) is 15.1. The van der Waals surface area contributed by atoms with Crippen molar-refractivity contribution in [3.63, 3.8) is 0 Å². The largest absolute Gasteiger partial charge is 0.350 e. The van der Waals surface area contributed by atoms with E-state index in [1.807, 2.05) is 19.2 Å². The topological polar surface area (TPSA) is 46.9 Å². The Bertz CT molecular complexity index is 1240. The molecule has 2 heterocycles. The van der Waals surface area contributed by atoms with Crippen LogP contribution in [0.5, 0.6) is 0 Å². The van der Waals surface area contributed by atoms with E-state index in [1.54, 1.807) is 22.9 Å². The predicted molar refractivity (Wildman–Crippen MR) is 123 cm³/mol. The number of halogens is 1. The Labute approximate surface area is 184 Å². The van der Waals surface area contributed by atoms with E-state index in [4.69, 9.17) is 0 Å². The number of hydrogen-bond donors (Lipinski definition) is 1. The maximum atomic E-state index is 14.3. The SMILES string of the molecule is Cn1nc(-c2ccccc2F)c2cc(C(=O)NCC3(c4ccccc4)CCCC3)sc21. The lowest BCUT2D eigenvalue weighted by Crippen LogP contribution is -2.38. The molecule has 0 unspecified atom stereocenters. The molecule has 2 aromatic carbocycles. The van der Waals surface area contributed by atoms with Gasteiger partial charge in [-0.1, -0.05) is 55.3 Å². The fourth-order valence-electron chi connectivity index (χ4n) is 4.75. The molecule has 5 rings (SSSR count). The van der Waals surface area contributed by atoms with Gasteiger partial charge in [0.25, 0.3) is 5.91 Å². The van der Waals surface area contributed by atoms with Gasteiger partial charge in [0.15, 0.2) is 0 Å². The number of nitrogens with one attached hydrogen (secondary N) is 1. The molecular weight excluding hydrogens is 409 g/mol. The second kappa shape index (κ2) is 7.93. The fourth-order valence-corrected chi connectivity index (χ4v) is 5.74. The van der Waals surface area contributed by atoms with Crippen LogP contribution < -0.4 is 5.32 Å². The third-order valence-electron chi connectivity index (χ3n) is 6.40. The summed E-state index contributed by atoms with van der Waals surface area (Å²) >= 11 is 1.40. The van der Waals surface area contributed by atoms with E-state index in [2.05, 4.69) is 34.7 Å². The lowest BCUT2D eigenvalue weighted by Gasteiger charge is -2.30. The smallest absolute Gasteiger partial charge is 0.261 e. The molecule has 1 aliphatic rings. The van der Waals surface area contributed by atoms with Crippen LogP contribution in [0.15, 0.2) is 60.7 Å². The molecule has 1 fully saturated rings. The van der Waals surface area contributed by atoms with E-state index >= 15 is 0 Å². The normalized spacial score (nSPS) is 15.4.